The zero-order chi connectivity index (χ0) is 20.0. The number of rotatable bonds is 4. The van der Waals surface area contributed by atoms with Crippen LogP contribution in [0.1, 0.15) is 30.4 Å². The fourth-order valence-electron chi connectivity index (χ4n) is 5.25. The Morgan fingerprint density at radius 3 is 2.52 bits per heavy atom. The Kier molecular flexibility index (Phi) is 4.77. The molecule has 0 saturated carbocycles. The first-order chi connectivity index (χ1) is 14.1. The highest BCUT2D eigenvalue weighted by Gasteiger charge is 2.41. The minimum Gasteiger partial charge on any atom is -0.372 e. The number of hydrogen-bond acceptors (Lipinski definition) is 4. The van der Waals surface area contributed by atoms with Crippen LogP contribution in [0.25, 0.3) is 11.1 Å². The van der Waals surface area contributed by atoms with Crippen LogP contribution in [0.3, 0.4) is 0 Å². The van der Waals surface area contributed by atoms with Crippen molar-refractivity contribution in [1.29, 1.82) is 5.26 Å². The summed E-state index contributed by atoms with van der Waals surface area (Å²) in [6.07, 6.45) is 3.73. The van der Waals surface area contributed by atoms with Gasteiger partial charge in [-0.15, -0.1) is 0 Å². The Labute approximate surface area is 172 Å². The summed E-state index contributed by atoms with van der Waals surface area (Å²) in [5.41, 5.74) is 4.51. The molecular weight excluding hydrogens is 363 g/mol. The Bertz CT molecular complexity index is 958. The Hall–Kier alpha value is -2.42. The van der Waals surface area contributed by atoms with Crippen LogP contribution < -0.4 is 4.90 Å². The van der Waals surface area contributed by atoms with Crippen LogP contribution >= 0.6 is 0 Å². The largest absolute Gasteiger partial charge is 0.372 e. The van der Waals surface area contributed by atoms with Gasteiger partial charge in [0.05, 0.1) is 5.56 Å². The molecule has 5 rings (SSSR count). The van der Waals surface area contributed by atoms with Crippen molar-refractivity contribution in [2.75, 3.05) is 38.1 Å². The van der Waals surface area contributed by atoms with Crippen LogP contribution in [0, 0.1) is 17.1 Å². The molecule has 4 nitrogen and oxygen atoms in total. The molecule has 2 aromatic carbocycles. The maximum atomic E-state index is 14.3. The van der Waals surface area contributed by atoms with Crippen molar-refractivity contribution in [3.8, 4) is 17.2 Å². The predicted molar refractivity (Wildman–Crippen MR) is 113 cm³/mol. The second-order valence-corrected chi connectivity index (χ2v) is 8.80. The first-order valence-corrected chi connectivity index (χ1v) is 10.6. The molecule has 0 aliphatic carbocycles. The molecule has 0 unspecified atom stereocenters. The van der Waals surface area contributed by atoms with E-state index < -0.39 is 5.82 Å². The van der Waals surface area contributed by atoms with E-state index in [0.29, 0.717) is 12.1 Å². The molecule has 0 spiro atoms. The number of nitriles is 1. The van der Waals surface area contributed by atoms with Crippen molar-refractivity contribution >= 4 is 5.69 Å². The van der Waals surface area contributed by atoms with Gasteiger partial charge in [-0.2, -0.15) is 5.26 Å². The van der Waals surface area contributed by atoms with Crippen molar-refractivity contribution in [3.63, 3.8) is 0 Å². The lowest BCUT2D eigenvalue weighted by Gasteiger charge is -2.32. The molecule has 0 aromatic heterocycles. The molecule has 5 heteroatoms. The standard InChI is InChI=1S/C24H27FN4/c1-27-15-23-12-22(27)16-29(23)14-17-8-20(10-21(9-17)28-6-2-3-7-28)18-4-5-19(13-26)24(25)11-18/h4-5,8-11,22-23H,2-3,6-7,12,14-16H2,1H3/t22-,23-/m0/s1. The zero-order valence-corrected chi connectivity index (χ0v) is 16.9. The van der Waals surface area contributed by atoms with Gasteiger partial charge in [-0.05, 0) is 73.3 Å². The summed E-state index contributed by atoms with van der Waals surface area (Å²) < 4.78 is 14.3. The van der Waals surface area contributed by atoms with Gasteiger partial charge in [-0.25, -0.2) is 4.39 Å². The van der Waals surface area contributed by atoms with Crippen molar-refractivity contribution in [2.45, 2.75) is 37.9 Å². The second kappa shape index (κ2) is 7.44. The summed E-state index contributed by atoms with van der Waals surface area (Å²) in [7, 11) is 2.23. The van der Waals surface area contributed by atoms with Gasteiger partial charge in [0.2, 0.25) is 0 Å². The van der Waals surface area contributed by atoms with Gasteiger partial charge >= 0.3 is 0 Å². The minimum absolute atomic E-state index is 0.0990. The molecular formula is C24H27FN4. The normalized spacial score (nSPS) is 24.4. The van der Waals surface area contributed by atoms with Crippen LogP contribution in [0.5, 0.6) is 0 Å². The number of anilines is 1. The van der Waals surface area contributed by atoms with Crippen molar-refractivity contribution in [3.05, 3.63) is 53.3 Å². The van der Waals surface area contributed by atoms with Crippen molar-refractivity contribution in [1.82, 2.24) is 9.80 Å². The lowest BCUT2D eigenvalue weighted by atomic mass is 9.99. The van der Waals surface area contributed by atoms with E-state index in [0.717, 1.165) is 43.9 Å². The highest BCUT2D eigenvalue weighted by Crippen LogP contribution is 2.34. The monoisotopic (exact) mass is 390 g/mol. The zero-order valence-electron chi connectivity index (χ0n) is 16.9. The van der Waals surface area contributed by atoms with E-state index >= 15 is 0 Å². The van der Waals surface area contributed by atoms with Crippen molar-refractivity contribution < 1.29 is 4.39 Å². The molecule has 29 heavy (non-hydrogen) atoms. The van der Waals surface area contributed by atoms with Gasteiger partial charge in [-0.1, -0.05) is 6.07 Å². The first kappa shape index (κ1) is 18.6. The average Bonchev–Trinajstić information content (AvgIpc) is 3.45. The summed E-state index contributed by atoms with van der Waals surface area (Å²) in [6.45, 7) is 5.41. The first-order valence-electron chi connectivity index (χ1n) is 10.6. The molecule has 2 atom stereocenters. The summed E-state index contributed by atoms with van der Waals surface area (Å²) in [4.78, 5) is 7.53. The highest BCUT2D eigenvalue weighted by atomic mass is 19.1. The summed E-state index contributed by atoms with van der Waals surface area (Å²) in [5, 5.41) is 9.04. The molecule has 150 valence electrons. The highest BCUT2D eigenvalue weighted by molar-refractivity contribution is 5.71. The third-order valence-corrected chi connectivity index (χ3v) is 6.89. The molecule has 2 bridgehead atoms. The Morgan fingerprint density at radius 2 is 1.86 bits per heavy atom. The van der Waals surface area contributed by atoms with Crippen molar-refractivity contribution in [2.24, 2.45) is 0 Å². The number of piperazine rings is 1. The molecule has 0 radical (unpaired) electrons. The molecule has 2 aromatic rings. The van der Waals surface area contributed by atoms with E-state index in [1.165, 1.54) is 36.6 Å². The fourth-order valence-corrected chi connectivity index (χ4v) is 5.25. The van der Waals surface area contributed by atoms with Crippen LogP contribution in [-0.4, -0.2) is 55.1 Å². The number of benzene rings is 2. The van der Waals surface area contributed by atoms with Crippen LogP contribution in [0.15, 0.2) is 36.4 Å². The van der Waals surface area contributed by atoms with Gasteiger partial charge in [0.25, 0.3) is 0 Å². The Morgan fingerprint density at radius 1 is 1.03 bits per heavy atom. The van der Waals surface area contributed by atoms with E-state index in [2.05, 4.69) is 39.9 Å². The number of likely N-dealkylation sites (tertiary alicyclic amines) is 2. The van der Waals surface area contributed by atoms with Gasteiger partial charge in [-0.3, -0.25) is 4.90 Å². The number of fused-ring (bicyclic) bond motifs is 2. The smallest absolute Gasteiger partial charge is 0.141 e. The van der Waals surface area contributed by atoms with E-state index in [9.17, 15) is 4.39 Å². The van der Waals surface area contributed by atoms with E-state index in [4.69, 9.17) is 5.26 Å². The molecule has 0 amide bonds. The molecule has 0 N–H and O–H groups in total. The SMILES string of the molecule is CN1C[C@@H]2C[C@H]1CN2Cc1cc(-c2ccc(C#N)c(F)c2)cc(N2CCCC2)c1. The summed E-state index contributed by atoms with van der Waals surface area (Å²) >= 11 is 0. The lowest BCUT2D eigenvalue weighted by molar-refractivity contribution is 0.143. The van der Waals surface area contributed by atoms with E-state index in [1.54, 1.807) is 6.07 Å². The van der Waals surface area contributed by atoms with E-state index in [-0.39, 0.29) is 5.56 Å². The minimum atomic E-state index is -0.446. The molecule has 3 aliphatic heterocycles. The lowest BCUT2D eigenvalue weighted by Crippen LogP contribution is -2.43. The molecule has 3 heterocycles. The third kappa shape index (κ3) is 3.52. The predicted octanol–water partition coefficient (Wildman–Crippen LogP) is 3.85. The fraction of sp³-hybridized carbons (Fsp3) is 0.458. The quantitative estimate of drug-likeness (QED) is 0.794. The van der Waals surface area contributed by atoms with Gasteiger partial charge < -0.3 is 9.80 Å². The van der Waals surface area contributed by atoms with Gasteiger partial charge in [0, 0.05) is 50.5 Å². The van der Waals surface area contributed by atoms with E-state index in [1.807, 2.05) is 12.1 Å². The van der Waals surface area contributed by atoms with Crippen LogP contribution in [-0.2, 0) is 6.54 Å². The molecule has 3 fully saturated rings. The summed E-state index contributed by atoms with van der Waals surface area (Å²) in [5.74, 6) is -0.446. The second-order valence-electron chi connectivity index (χ2n) is 8.80. The molecule has 3 saturated heterocycles. The van der Waals surface area contributed by atoms with Crippen LogP contribution in [0.4, 0.5) is 10.1 Å². The summed E-state index contributed by atoms with van der Waals surface area (Å²) in [6, 6.07) is 14.9. The third-order valence-electron chi connectivity index (χ3n) is 6.89. The van der Waals surface area contributed by atoms with Gasteiger partial charge in [0.1, 0.15) is 11.9 Å². The number of likely N-dealkylation sites (N-methyl/N-ethyl adjacent to an activating group) is 1. The maximum Gasteiger partial charge on any atom is 0.141 e. The van der Waals surface area contributed by atoms with Gasteiger partial charge in [0.15, 0.2) is 0 Å². The molecule has 3 aliphatic rings. The number of halogens is 1. The Balaban J connectivity index is 1.48. The number of hydrogen-bond donors (Lipinski definition) is 0. The van der Waals surface area contributed by atoms with Crippen LogP contribution in [0.2, 0.25) is 0 Å². The topological polar surface area (TPSA) is 33.5 Å². The average molecular weight is 391 g/mol. The number of nitrogens with zero attached hydrogens (tertiary/aromatic N) is 4. The maximum absolute atomic E-state index is 14.3.